The fourth-order valence-electron chi connectivity index (χ4n) is 4.35. The van der Waals surface area contributed by atoms with Crippen LogP contribution in [0.15, 0.2) is 61.2 Å². The summed E-state index contributed by atoms with van der Waals surface area (Å²) in [7, 11) is 1.52. The van der Waals surface area contributed by atoms with E-state index in [2.05, 4.69) is 19.9 Å². The standard InChI is InChI=1S/C27H24ClFN6O2/c1-17-4-3-8-31-24(17)27(36)35-12-10-34(11-13-35)23-16-32-25(20-14-18(29)5-6-22(20)37-2)26(33-23)19-7-9-30-15-21(19)28/h3-9,14-16H,10-13H2,1-2H3. The third-order valence-electron chi connectivity index (χ3n) is 6.31. The van der Waals surface area contributed by atoms with Crippen molar-refractivity contribution in [3.05, 3.63) is 83.3 Å². The average Bonchev–Trinajstić information content (AvgIpc) is 2.93. The summed E-state index contributed by atoms with van der Waals surface area (Å²) in [5, 5.41) is 0.395. The van der Waals surface area contributed by atoms with Gasteiger partial charge in [-0.15, -0.1) is 0 Å². The number of nitrogens with zero attached hydrogens (tertiary/aromatic N) is 6. The Hall–Kier alpha value is -4.11. The summed E-state index contributed by atoms with van der Waals surface area (Å²) in [5.41, 5.74) is 3.32. The first kappa shape index (κ1) is 24.6. The van der Waals surface area contributed by atoms with Gasteiger partial charge in [0.05, 0.1) is 18.3 Å². The van der Waals surface area contributed by atoms with Crippen LogP contribution in [-0.2, 0) is 0 Å². The van der Waals surface area contributed by atoms with Crippen LogP contribution in [0.3, 0.4) is 0 Å². The molecule has 0 radical (unpaired) electrons. The lowest BCUT2D eigenvalue weighted by molar-refractivity contribution is 0.0740. The molecule has 1 aliphatic rings. The Labute approximate surface area is 218 Å². The molecule has 1 amide bonds. The summed E-state index contributed by atoms with van der Waals surface area (Å²) in [6, 6.07) is 9.70. The van der Waals surface area contributed by atoms with Gasteiger partial charge in [-0.1, -0.05) is 17.7 Å². The summed E-state index contributed by atoms with van der Waals surface area (Å²) >= 11 is 6.49. The van der Waals surface area contributed by atoms with Crippen molar-refractivity contribution >= 4 is 23.3 Å². The Kier molecular flexibility index (Phi) is 6.96. The van der Waals surface area contributed by atoms with Crippen molar-refractivity contribution in [2.24, 2.45) is 0 Å². The smallest absolute Gasteiger partial charge is 0.272 e. The molecule has 0 spiro atoms. The van der Waals surface area contributed by atoms with E-state index in [1.807, 2.05) is 19.1 Å². The average molecular weight is 519 g/mol. The zero-order chi connectivity index (χ0) is 25.9. The van der Waals surface area contributed by atoms with Crippen LogP contribution in [0.25, 0.3) is 22.5 Å². The van der Waals surface area contributed by atoms with Gasteiger partial charge < -0.3 is 14.5 Å². The second-order valence-electron chi connectivity index (χ2n) is 8.57. The highest BCUT2D eigenvalue weighted by molar-refractivity contribution is 6.33. The van der Waals surface area contributed by atoms with Crippen molar-refractivity contribution in [1.29, 1.82) is 0 Å². The van der Waals surface area contributed by atoms with Crippen LogP contribution < -0.4 is 9.64 Å². The van der Waals surface area contributed by atoms with Gasteiger partial charge in [-0.25, -0.2) is 14.4 Å². The minimum atomic E-state index is -0.419. The number of hydrogen-bond donors (Lipinski definition) is 0. The van der Waals surface area contributed by atoms with E-state index in [1.54, 1.807) is 35.6 Å². The molecule has 0 N–H and O–H groups in total. The minimum Gasteiger partial charge on any atom is -0.496 e. The van der Waals surface area contributed by atoms with Crippen molar-refractivity contribution in [3.63, 3.8) is 0 Å². The molecule has 0 bridgehead atoms. The third-order valence-corrected chi connectivity index (χ3v) is 6.61. The Morgan fingerprint density at radius 1 is 1.00 bits per heavy atom. The number of pyridine rings is 2. The first-order valence-corrected chi connectivity index (χ1v) is 12.1. The van der Waals surface area contributed by atoms with Crippen molar-refractivity contribution in [2.45, 2.75) is 6.92 Å². The maximum atomic E-state index is 14.2. The third kappa shape index (κ3) is 4.95. The monoisotopic (exact) mass is 518 g/mol. The summed E-state index contributed by atoms with van der Waals surface area (Å²) in [6.07, 6.45) is 6.43. The predicted octanol–water partition coefficient (Wildman–Crippen LogP) is 4.67. The molecule has 4 aromatic rings. The number of amides is 1. The zero-order valence-electron chi connectivity index (χ0n) is 20.4. The molecule has 1 saturated heterocycles. The van der Waals surface area contributed by atoms with Crippen LogP contribution in [-0.4, -0.2) is 64.0 Å². The van der Waals surface area contributed by atoms with Gasteiger partial charge in [-0.05, 0) is 42.8 Å². The number of anilines is 1. The van der Waals surface area contributed by atoms with Crippen LogP contribution in [0.4, 0.5) is 10.2 Å². The first-order valence-electron chi connectivity index (χ1n) is 11.7. The zero-order valence-corrected chi connectivity index (χ0v) is 21.1. The van der Waals surface area contributed by atoms with Crippen LogP contribution in [0.5, 0.6) is 5.75 Å². The molecule has 0 atom stereocenters. The molecule has 3 aromatic heterocycles. The minimum absolute atomic E-state index is 0.0818. The first-order chi connectivity index (χ1) is 18.0. The number of halogens is 2. The number of rotatable bonds is 5. The van der Waals surface area contributed by atoms with E-state index >= 15 is 0 Å². The Morgan fingerprint density at radius 2 is 1.81 bits per heavy atom. The summed E-state index contributed by atoms with van der Waals surface area (Å²) in [4.78, 5) is 34.8. The van der Waals surface area contributed by atoms with Crippen LogP contribution in [0.2, 0.25) is 5.02 Å². The number of carbonyl (C=O) groups is 1. The summed E-state index contributed by atoms with van der Waals surface area (Å²) < 4.78 is 19.7. The SMILES string of the molecule is COc1ccc(F)cc1-c1ncc(N2CCN(C(=O)c3ncccc3C)CC2)nc1-c1ccncc1Cl. The van der Waals surface area contributed by atoms with E-state index in [4.69, 9.17) is 21.3 Å². The molecule has 1 aromatic carbocycles. The topological polar surface area (TPSA) is 84.3 Å². The molecule has 1 fully saturated rings. The van der Waals surface area contributed by atoms with E-state index in [0.717, 1.165) is 5.56 Å². The van der Waals surface area contributed by atoms with Gasteiger partial charge in [0.25, 0.3) is 5.91 Å². The molecule has 0 aliphatic carbocycles. The van der Waals surface area contributed by atoms with Gasteiger partial charge in [0.1, 0.15) is 34.5 Å². The van der Waals surface area contributed by atoms with Crippen molar-refractivity contribution < 1.29 is 13.9 Å². The summed E-state index contributed by atoms with van der Waals surface area (Å²) in [6.45, 7) is 4.05. The Morgan fingerprint density at radius 3 is 2.54 bits per heavy atom. The number of hydrogen-bond acceptors (Lipinski definition) is 7. The molecule has 1 aliphatic heterocycles. The molecule has 37 heavy (non-hydrogen) atoms. The number of ether oxygens (including phenoxy) is 1. The van der Waals surface area contributed by atoms with Crippen molar-refractivity contribution in [1.82, 2.24) is 24.8 Å². The van der Waals surface area contributed by atoms with E-state index in [-0.39, 0.29) is 5.91 Å². The van der Waals surface area contributed by atoms with E-state index < -0.39 is 5.82 Å². The van der Waals surface area contributed by atoms with Crippen molar-refractivity contribution in [2.75, 3.05) is 38.2 Å². The van der Waals surface area contributed by atoms with Crippen LogP contribution in [0.1, 0.15) is 16.1 Å². The van der Waals surface area contributed by atoms with Gasteiger partial charge in [0, 0.05) is 55.9 Å². The number of carbonyl (C=O) groups excluding carboxylic acids is 1. The number of piperazine rings is 1. The van der Waals surface area contributed by atoms with E-state index in [9.17, 15) is 9.18 Å². The predicted molar refractivity (Wildman–Crippen MR) is 139 cm³/mol. The maximum absolute atomic E-state index is 14.2. The lowest BCUT2D eigenvalue weighted by Gasteiger charge is -2.35. The van der Waals surface area contributed by atoms with Gasteiger partial charge in [0.2, 0.25) is 0 Å². The molecule has 10 heteroatoms. The van der Waals surface area contributed by atoms with Crippen LogP contribution >= 0.6 is 11.6 Å². The number of aromatic nitrogens is 4. The fraction of sp³-hybridized carbons (Fsp3) is 0.222. The van der Waals surface area contributed by atoms with E-state index in [0.29, 0.717) is 71.0 Å². The molecule has 0 saturated carbocycles. The number of benzene rings is 1. The summed E-state index contributed by atoms with van der Waals surface area (Å²) in [5.74, 6) is 0.592. The lowest BCUT2D eigenvalue weighted by atomic mass is 10.0. The fourth-order valence-corrected chi connectivity index (χ4v) is 4.56. The van der Waals surface area contributed by atoms with E-state index in [1.165, 1.54) is 25.4 Å². The normalized spacial score (nSPS) is 13.5. The van der Waals surface area contributed by atoms with Gasteiger partial charge in [-0.2, -0.15) is 0 Å². The lowest BCUT2D eigenvalue weighted by Crippen LogP contribution is -2.49. The quantitative estimate of drug-likeness (QED) is 0.379. The molecular weight excluding hydrogens is 495 g/mol. The van der Waals surface area contributed by atoms with Crippen molar-refractivity contribution in [3.8, 4) is 28.3 Å². The molecule has 0 unspecified atom stereocenters. The molecule has 5 rings (SSSR count). The largest absolute Gasteiger partial charge is 0.496 e. The maximum Gasteiger partial charge on any atom is 0.272 e. The molecular formula is C27H24ClFN6O2. The van der Waals surface area contributed by atoms with Gasteiger partial charge in [-0.3, -0.25) is 14.8 Å². The highest BCUT2D eigenvalue weighted by Crippen LogP contribution is 2.38. The highest BCUT2D eigenvalue weighted by atomic mass is 35.5. The number of aryl methyl sites for hydroxylation is 1. The Bertz CT molecular complexity index is 1460. The molecule has 188 valence electrons. The van der Waals surface area contributed by atoms with Gasteiger partial charge in [0.15, 0.2) is 0 Å². The highest BCUT2D eigenvalue weighted by Gasteiger charge is 2.26. The van der Waals surface area contributed by atoms with Gasteiger partial charge >= 0.3 is 0 Å². The number of methoxy groups -OCH3 is 1. The van der Waals surface area contributed by atoms with Crippen LogP contribution in [0, 0.1) is 12.7 Å². The second kappa shape index (κ2) is 10.5. The second-order valence-corrected chi connectivity index (χ2v) is 8.98. The Balaban J connectivity index is 1.47. The molecule has 4 heterocycles. The molecule has 8 nitrogen and oxygen atoms in total.